The van der Waals surface area contributed by atoms with E-state index in [2.05, 4.69) is 0 Å². The van der Waals surface area contributed by atoms with E-state index in [4.69, 9.17) is 10.5 Å². The molecule has 0 aliphatic carbocycles. The molecular formula is C11H15NO2S. The van der Waals surface area contributed by atoms with Crippen LogP contribution in [0.15, 0.2) is 11.4 Å². The summed E-state index contributed by atoms with van der Waals surface area (Å²) in [4.78, 5) is 13.4. The van der Waals surface area contributed by atoms with Crippen molar-refractivity contribution >= 4 is 17.1 Å². The zero-order valence-corrected chi connectivity index (χ0v) is 9.76. The number of Topliss-reactive ketones (excluding diaryl/α,β-unsaturated/α-hetero) is 1. The van der Waals surface area contributed by atoms with Crippen LogP contribution in [-0.2, 0) is 4.74 Å². The number of aryl methyl sites for hydroxylation is 1. The maximum atomic E-state index is 12.3. The van der Waals surface area contributed by atoms with Gasteiger partial charge in [0.2, 0.25) is 0 Å². The molecule has 2 rings (SSSR count). The molecule has 1 saturated heterocycles. The summed E-state index contributed by atoms with van der Waals surface area (Å²) < 4.78 is 5.29. The number of hydrogen-bond acceptors (Lipinski definition) is 4. The van der Waals surface area contributed by atoms with E-state index in [1.165, 1.54) is 0 Å². The molecule has 0 radical (unpaired) electrons. The van der Waals surface area contributed by atoms with Crippen molar-refractivity contribution < 1.29 is 9.53 Å². The molecular weight excluding hydrogens is 210 g/mol. The van der Waals surface area contributed by atoms with Crippen LogP contribution >= 0.6 is 11.3 Å². The van der Waals surface area contributed by atoms with Gasteiger partial charge >= 0.3 is 0 Å². The predicted octanol–water partition coefficient (Wildman–Crippen LogP) is 1.60. The van der Waals surface area contributed by atoms with Crippen LogP contribution in [0.5, 0.6) is 0 Å². The van der Waals surface area contributed by atoms with Crippen molar-refractivity contribution in [2.45, 2.75) is 19.9 Å². The van der Waals surface area contributed by atoms with Gasteiger partial charge in [0, 0.05) is 16.5 Å². The van der Waals surface area contributed by atoms with Crippen molar-refractivity contribution in [3.05, 3.63) is 21.9 Å². The van der Waals surface area contributed by atoms with Gasteiger partial charge in [-0.3, -0.25) is 4.79 Å². The molecule has 4 heteroatoms. The van der Waals surface area contributed by atoms with Crippen LogP contribution in [0.4, 0.5) is 0 Å². The number of ketones is 1. The summed E-state index contributed by atoms with van der Waals surface area (Å²) in [7, 11) is 0. The topological polar surface area (TPSA) is 52.3 Å². The Hall–Kier alpha value is -0.710. The Morgan fingerprint density at radius 1 is 1.73 bits per heavy atom. The van der Waals surface area contributed by atoms with E-state index < -0.39 is 5.41 Å². The fourth-order valence-electron chi connectivity index (χ4n) is 1.85. The molecule has 82 valence electrons. The van der Waals surface area contributed by atoms with Crippen LogP contribution < -0.4 is 5.73 Å². The monoisotopic (exact) mass is 225 g/mol. The SMILES string of the molecule is Cc1sccc1C(=O)C1(C)COCC1N. The van der Waals surface area contributed by atoms with Gasteiger partial charge in [-0.2, -0.15) is 0 Å². The number of carbonyl (C=O) groups excluding carboxylic acids is 1. The smallest absolute Gasteiger partial charge is 0.173 e. The molecule has 2 N–H and O–H groups in total. The number of ether oxygens (including phenoxy) is 1. The van der Waals surface area contributed by atoms with Gasteiger partial charge in [-0.1, -0.05) is 0 Å². The van der Waals surface area contributed by atoms with E-state index in [9.17, 15) is 4.79 Å². The molecule has 1 aromatic heterocycles. The lowest BCUT2D eigenvalue weighted by Crippen LogP contribution is -2.44. The highest BCUT2D eigenvalue weighted by atomic mass is 32.1. The van der Waals surface area contributed by atoms with E-state index in [0.29, 0.717) is 13.2 Å². The number of thiophene rings is 1. The van der Waals surface area contributed by atoms with Crippen LogP contribution in [0.1, 0.15) is 22.2 Å². The molecule has 2 atom stereocenters. The Bertz CT molecular complexity index is 388. The van der Waals surface area contributed by atoms with Crippen molar-refractivity contribution in [3.63, 3.8) is 0 Å². The summed E-state index contributed by atoms with van der Waals surface area (Å²) in [6.45, 7) is 4.76. The second-order valence-corrected chi connectivity index (χ2v) is 5.38. The first-order chi connectivity index (χ1) is 7.05. The number of hydrogen-bond donors (Lipinski definition) is 1. The van der Waals surface area contributed by atoms with Gasteiger partial charge in [0.25, 0.3) is 0 Å². The molecule has 2 unspecified atom stereocenters. The summed E-state index contributed by atoms with van der Waals surface area (Å²) in [6.07, 6.45) is 0. The highest BCUT2D eigenvalue weighted by Gasteiger charge is 2.44. The quantitative estimate of drug-likeness (QED) is 0.778. The molecule has 2 heterocycles. The fourth-order valence-corrected chi connectivity index (χ4v) is 2.55. The lowest BCUT2D eigenvalue weighted by Gasteiger charge is -2.24. The first-order valence-corrected chi connectivity index (χ1v) is 5.86. The van der Waals surface area contributed by atoms with Crippen LogP contribution in [0.2, 0.25) is 0 Å². The van der Waals surface area contributed by atoms with Crippen LogP contribution in [-0.4, -0.2) is 25.0 Å². The first kappa shape index (κ1) is 10.8. The third kappa shape index (κ3) is 1.62. The third-order valence-electron chi connectivity index (χ3n) is 3.14. The summed E-state index contributed by atoms with van der Waals surface area (Å²) in [5.74, 6) is 0.117. The Balaban J connectivity index is 2.32. The minimum Gasteiger partial charge on any atom is -0.379 e. The van der Waals surface area contributed by atoms with E-state index >= 15 is 0 Å². The number of rotatable bonds is 2. The van der Waals surface area contributed by atoms with Crippen molar-refractivity contribution in [2.24, 2.45) is 11.1 Å². The Kier molecular flexibility index (Phi) is 2.66. The van der Waals surface area contributed by atoms with Gasteiger partial charge in [-0.25, -0.2) is 0 Å². The molecule has 3 nitrogen and oxygen atoms in total. The average Bonchev–Trinajstić information content (AvgIpc) is 2.75. The van der Waals surface area contributed by atoms with Crippen molar-refractivity contribution in [1.82, 2.24) is 0 Å². The molecule has 0 bridgehead atoms. The molecule has 0 spiro atoms. The van der Waals surface area contributed by atoms with E-state index in [-0.39, 0.29) is 11.8 Å². The standard InChI is InChI=1S/C11H15NO2S/c1-7-8(3-4-15-7)10(13)11(2)6-14-5-9(11)12/h3-4,9H,5-6,12H2,1-2H3. The van der Waals surface area contributed by atoms with Crippen molar-refractivity contribution in [2.75, 3.05) is 13.2 Å². The van der Waals surface area contributed by atoms with Gasteiger partial charge in [0.15, 0.2) is 5.78 Å². The second-order valence-electron chi connectivity index (χ2n) is 4.26. The highest BCUT2D eigenvalue weighted by Crippen LogP contribution is 2.33. The normalized spacial score (nSPS) is 30.7. The second kappa shape index (κ2) is 3.70. The van der Waals surface area contributed by atoms with E-state index in [1.807, 2.05) is 25.3 Å². The van der Waals surface area contributed by atoms with Gasteiger partial charge in [0.1, 0.15) is 0 Å². The average molecular weight is 225 g/mol. The zero-order valence-electron chi connectivity index (χ0n) is 8.95. The number of carbonyl (C=O) groups is 1. The van der Waals surface area contributed by atoms with E-state index in [1.54, 1.807) is 11.3 Å². The summed E-state index contributed by atoms with van der Waals surface area (Å²) in [6, 6.07) is 1.68. The maximum Gasteiger partial charge on any atom is 0.173 e. The van der Waals surface area contributed by atoms with Crippen LogP contribution in [0, 0.1) is 12.3 Å². The zero-order chi connectivity index (χ0) is 11.1. The van der Waals surface area contributed by atoms with E-state index in [0.717, 1.165) is 10.4 Å². The molecule has 15 heavy (non-hydrogen) atoms. The number of nitrogens with two attached hydrogens (primary N) is 1. The lowest BCUT2D eigenvalue weighted by molar-refractivity contribution is 0.0767. The van der Waals surface area contributed by atoms with Gasteiger partial charge in [0.05, 0.1) is 18.6 Å². The molecule has 0 amide bonds. The molecule has 1 aliphatic heterocycles. The molecule has 1 fully saturated rings. The minimum absolute atomic E-state index is 0.117. The minimum atomic E-state index is -0.550. The maximum absolute atomic E-state index is 12.3. The van der Waals surface area contributed by atoms with Gasteiger partial charge in [-0.05, 0) is 25.3 Å². The molecule has 1 aromatic rings. The van der Waals surface area contributed by atoms with Crippen LogP contribution in [0.3, 0.4) is 0 Å². The van der Waals surface area contributed by atoms with Crippen LogP contribution in [0.25, 0.3) is 0 Å². The Labute approximate surface area is 93.2 Å². The van der Waals surface area contributed by atoms with Gasteiger partial charge < -0.3 is 10.5 Å². The fraction of sp³-hybridized carbons (Fsp3) is 0.545. The summed E-state index contributed by atoms with van der Waals surface area (Å²) in [5.41, 5.74) is 6.17. The molecule has 0 aromatic carbocycles. The molecule has 1 aliphatic rings. The first-order valence-electron chi connectivity index (χ1n) is 4.98. The largest absolute Gasteiger partial charge is 0.379 e. The van der Waals surface area contributed by atoms with Crippen molar-refractivity contribution in [1.29, 1.82) is 0 Å². The Morgan fingerprint density at radius 2 is 2.47 bits per heavy atom. The van der Waals surface area contributed by atoms with Crippen molar-refractivity contribution in [3.8, 4) is 0 Å². The lowest BCUT2D eigenvalue weighted by atomic mass is 9.79. The third-order valence-corrected chi connectivity index (χ3v) is 3.99. The summed E-state index contributed by atoms with van der Waals surface area (Å²) >= 11 is 1.59. The summed E-state index contributed by atoms with van der Waals surface area (Å²) in [5, 5.41) is 1.94. The Morgan fingerprint density at radius 3 is 2.93 bits per heavy atom. The highest BCUT2D eigenvalue weighted by molar-refractivity contribution is 7.10. The van der Waals surface area contributed by atoms with Gasteiger partial charge in [-0.15, -0.1) is 11.3 Å². The molecule has 0 saturated carbocycles. The predicted molar refractivity (Wildman–Crippen MR) is 60.3 cm³/mol.